The first-order valence-electron chi connectivity index (χ1n) is 9.37. The van der Waals surface area contributed by atoms with E-state index in [9.17, 15) is 9.90 Å². The largest absolute Gasteiger partial charge is 0.496 e. The number of esters is 1. The number of aliphatic hydroxyl groups excluding tert-OH is 1. The molecule has 2 bridgehead atoms. The van der Waals surface area contributed by atoms with Crippen LogP contribution in [0.1, 0.15) is 30.1 Å². The quantitative estimate of drug-likeness (QED) is 0.786. The Kier molecular flexibility index (Phi) is 6.49. The van der Waals surface area contributed by atoms with Gasteiger partial charge in [-0.2, -0.15) is 0 Å². The summed E-state index contributed by atoms with van der Waals surface area (Å²) in [5.41, 5.74) is 3.10. The summed E-state index contributed by atoms with van der Waals surface area (Å²) in [5, 5.41) is 10.5. The first-order valence-corrected chi connectivity index (χ1v) is 9.37. The summed E-state index contributed by atoms with van der Waals surface area (Å²) in [6.07, 6.45) is 0.0940. The second-order valence-electron chi connectivity index (χ2n) is 6.71. The van der Waals surface area contributed by atoms with Gasteiger partial charge in [0, 0.05) is 0 Å². The van der Waals surface area contributed by atoms with Gasteiger partial charge in [0.25, 0.3) is 0 Å². The van der Waals surface area contributed by atoms with E-state index in [1.165, 1.54) is 0 Å². The van der Waals surface area contributed by atoms with Crippen molar-refractivity contribution in [2.24, 2.45) is 0 Å². The van der Waals surface area contributed by atoms with Crippen molar-refractivity contribution >= 4 is 5.97 Å². The molecule has 7 nitrogen and oxygen atoms in total. The molecule has 0 amide bonds. The molecule has 0 saturated carbocycles. The number of carbonyl (C=O) groups is 1. The number of benzene rings is 2. The van der Waals surface area contributed by atoms with Crippen molar-refractivity contribution in [3.8, 4) is 34.1 Å². The fourth-order valence-corrected chi connectivity index (χ4v) is 3.53. The Bertz CT molecular complexity index is 866. The summed E-state index contributed by atoms with van der Waals surface area (Å²) in [4.78, 5) is 12.1. The van der Waals surface area contributed by atoms with Gasteiger partial charge in [-0.05, 0) is 53.8 Å². The molecule has 0 aliphatic carbocycles. The molecule has 2 heterocycles. The van der Waals surface area contributed by atoms with Crippen LogP contribution >= 0.6 is 0 Å². The van der Waals surface area contributed by atoms with Crippen LogP contribution in [0.2, 0.25) is 0 Å². The van der Waals surface area contributed by atoms with Crippen LogP contribution in [0.25, 0.3) is 11.1 Å². The first-order chi connectivity index (χ1) is 14.0. The molecule has 0 spiro atoms. The number of aliphatic hydroxyl groups is 1. The van der Waals surface area contributed by atoms with E-state index in [-0.39, 0.29) is 13.0 Å². The standard InChI is InChI=1S/C22H26O7/c1-25-17-8-13-6-5-7-29-21(24)12-16(23)14-9-19(27-3)22(20(10-14)28-4)15(13)11-18(17)26-2/h8-11,16,23H,5-7,12H2,1-4H3. The van der Waals surface area contributed by atoms with Crippen LogP contribution in [0.4, 0.5) is 0 Å². The van der Waals surface area contributed by atoms with Crippen LogP contribution in [-0.2, 0) is 16.0 Å². The average molecular weight is 402 g/mol. The fourth-order valence-electron chi connectivity index (χ4n) is 3.53. The number of rotatable bonds is 4. The van der Waals surface area contributed by atoms with Gasteiger partial charge in [-0.1, -0.05) is 0 Å². The van der Waals surface area contributed by atoms with Gasteiger partial charge in [-0.25, -0.2) is 0 Å². The molecule has 2 aromatic rings. The first kappa shape index (κ1) is 20.8. The van der Waals surface area contributed by atoms with Gasteiger partial charge in [0.15, 0.2) is 11.5 Å². The maximum Gasteiger partial charge on any atom is 0.308 e. The molecular formula is C22H26O7. The molecular weight excluding hydrogens is 376 g/mol. The lowest BCUT2D eigenvalue weighted by Gasteiger charge is -2.20. The van der Waals surface area contributed by atoms with Crippen molar-refractivity contribution < 1.29 is 33.6 Å². The van der Waals surface area contributed by atoms with Gasteiger partial charge < -0.3 is 28.8 Å². The molecule has 1 unspecified atom stereocenters. The summed E-state index contributed by atoms with van der Waals surface area (Å²) >= 11 is 0. The Morgan fingerprint density at radius 1 is 0.897 bits per heavy atom. The number of carbonyl (C=O) groups excluding carboxylic acids is 1. The lowest BCUT2D eigenvalue weighted by molar-refractivity contribution is -0.146. The van der Waals surface area contributed by atoms with Gasteiger partial charge in [0.2, 0.25) is 0 Å². The van der Waals surface area contributed by atoms with Gasteiger partial charge in [0.1, 0.15) is 11.5 Å². The molecule has 2 aromatic carbocycles. The van der Waals surface area contributed by atoms with E-state index in [0.717, 1.165) is 16.7 Å². The zero-order valence-electron chi connectivity index (χ0n) is 17.1. The highest BCUT2D eigenvalue weighted by Crippen LogP contribution is 2.46. The molecule has 7 heteroatoms. The van der Waals surface area contributed by atoms with Crippen molar-refractivity contribution in [2.45, 2.75) is 25.4 Å². The van der Waals surface area contributed by atoms with E-state index >= 15 is 0 Å². The molecule has 2 aliphatic rings. The third-order valence-corrected chi connectivity index (χ3v) is 5.01. The second-order valence-corrected chi connectivity index (χ2v) is 6.71. The van der Waals surface area contributed by atoms with Crippen molar-refractivity contribution in [2.75, 3.05) is 35.0 Å². The van der Waals surface area contributed by atoms with Crippen molar-refractivity contribution in [3.63, 3.8) is 0 Å². The number of hydrogen-bond acceptors (Lipinski definition) is 7. The van der Waals surface area contributed by atoms with E-state index in [1.807, 2.05) is 12.1 Å². The van der Waals surface area contributed by atoms with Crippen LogP contribution in [0.3, 0.4) is 0 Å². The predicted molar refractivity (Wildman–Crippen MR) is 107 cm³/mol. The third-order valence-electron chi connectivity index (χ3n) is 5.01. The zero-order valence-corrected chi connectivity index (χ0v) is 17.1. The van der Waals surface area contributed by atoms with Crippen LogP contribution in [0, 0.1) is 0 Å². The molecule has 0 fully saturated rings. The summed E-state index contributed by atoms with van der Waals surface area (Å²) in [6.45, 7) is 0.263. The van der Waals surface area contributed by atoms with E-state index < -0.39 is 12.1 Å². The Morgan fingerprint density at radius 2 is 1.48 bits per heavy atom. The van der Waals surface area contributed by atoms with Crippen molar-refractivity contribution in [1.82, 2.24) is 0 Å². The summed E-state index contributed by atoms with van der Waals surface area (Å²) in [6, 6.07) is 7.23. The number of aryl methyl sites for hydroxylation is 1. The van der Waals surface area contributed by atoms with Crippen LogP contribution in [0.5, 0.6) is 23.0 Å². The minimum absolute atomic E-state index is 0.139. The number of fused-ring (bicyclic) bond motifs is 8. The van der Waals surface area contributed by atoms with Crippen LogP contribution in [-0.4, -0.2) is 46.1 Å². The smallest absolute Gasteiger partial charge is 0.308 e. The molecule has 1 N–H and O–H groups in total. The Hall–Kier alpha value is -2.93. The highest BCUT2D eigenvalue weighted by molar-refractivity contribution is 5.82. The molecule has 29 heavy (non-hydrogen) atoms. The number of hydrogen-bond donors (Lipinski definition) is 1. The Labute approximate surface area is 170 Å². The molecule has 4 rings (SSSR count). The summed E-state index contributed by atoms with van der Waals surface area (Å²) in [5.74, 6) is 1.79. The van der Waals surface area contributed by atoms with Gasteiger partial charge in [0.05, 0.1) is 53.1 Å². The highest BCUT2D eigenvalue weighted by Gasteiger charge is 2.24. The monoisotopic (exact) mass is 402 g/mol. The summed E-state index contributed by atoms with van der Waals surface area (Å²) in [7, 11) is 6.28. The van der Waals surface area contributed by atoms with Crippen molar-refractivity contribution in [3.05, 3.63) is 35.4 Å². The maximum absolute atomic E-state index is 12.1. The SMILES string of the molecule is COc1cc2c(cc1OC)-c1c(OC)cc(cc1OC)C(O)CC(=O)OCCC2. The Balaban J connectivity index is 2.29. The Morgan fingerprint density at radius 3 is 2.07 bits per heavy atom. The minimum Gasteiger partial charge on any atom is -0.496 e. The van der Waals surface area contributed by atoms with Crippen molar-refractivity contribution in [1.29, 1.82) is 0 Å². The maximum atomic E-state index is 12.1. The molecule has 2 aliphatic heterocycles. The second kappa shape index (κ2) is 9.05. The number of methoxy groups -OCH3 is 4. The predicted octanol–water partition coefficient (Wildman–Crippen LogP) is 3.30. The number of ether oxygens (including phenoxy) is 5. The summed E-state index contributed by atoms with van der Waals surface area (Å²) < 4.78 is 27.5. The molecule has 0 saturated heterocycles. The molecule has 0 aromatic heterocycles. The molecule has 1 atom stereocenters. The van der Waals surface area contributed by atoms with Crippen LogP contribution < -0.4 is 18.9 Å². The zero-order chi connectivity index (χ0) is 21.0. The fraction of sp³-hybridized carbons (Fsp3) is 0.409. The highest BCUT2D eigenvalue weighted by atomic mass is 16.5. The lowest BCUT2D eigenvalue weighted by atomic mass is 9.92. The minimum atomic E-state index is -1.02. The van der Waals surface area contributed by atoms with E-state index in [4.69, 9.17) is 23.7 Å². The van der Waals surface area contributed by atoms with Gasteiger partial charge in [-0.3, -0.25) is 4.79 Å². The third kappa shape index (κ3) is 4.24. The van der Waals surface area contributed by atoms with E-state index in [2.05, 4.69) is 0 Å². The normalized spacial score (nSPS) is 16.6. The van der Waals surface area contributed by atoms with E-state index in [1.54, 1.807) is 40.6 Å². The van der Waals surface area contributed by atoms with Gasteiger partial charge >= 0.3 is 5.97 Å². The topological polar surface area (TPSA) is 83.5 Å². The van der Waals surface area contributed by atoms with Crippen LogP contribution in [0.15, 0.2) is 24.3 Å². The lowest BCUT2D eigenvalue weighted by Crippen LogP contribution is -2.11. The molecule has 0 radical (unpaired) electrons. The average Bonchev–Trinajstić information content (AvgIpc) is 2.75. The van der Waals surface area contributed by atoms with E-state index in [0.29, 0.717) is 41.4 Å². The molecule has 156 valence electrons. The van der Waals surface area contributed by atoms with Gasteiger partial charge in [-0.15, -0.1) is 0 Å².